The minimum atomic E-state index is -1.14. The van der Waals surface area contributed by atoms with Crippen molar-refractivity contribution in [3.05, 3.63) is 0 Å². The minimum Gasteiger partial charge on any atom is -0.480 e. The van der Waals surface area contributed by atoms with Crippen molar-refractivity contribution in [2.75, 3.05) is 45.9 Å². The number of amides is 2. The first-order chi connectivity index (χ1) is 9.63. The summed E-state index contributed by atoms with van der Waals surface area (Å²) in [5.41, 5.74) is 0. The number of carboxylic acid groups (broad SMARTS) is 1. The monoisotopic (exact) mass is 288 g/mol. The molecule has 1 rings (SSSR count). The van der Waals surface area contributed by atoms with Gasteiger partial charge in [-0.05, 0) is 13.0 Å². The van der Waals surface area contributed by atoms with Gasteiger partial charge in [-0.25, -0.2) is 9.59 Å². The summed E-state index contributed by atoms with van der Waals surface area (Å²) in [6.45, 7) is 5.17. The van der Waals surface area contributed by atoms with Crippen molar-refractivity contribution in [2.45, 2.75) is 18.9 Å². The molecular formula is C12H24N4O4. The Bertz CT molecular complexity index is 308. The molecule has 8 nitrogen and oxygen atoms in total. The van der Waals surface area contributed by atoms with Crippen LogP contribution >= 0.6 is 0 Å². The van der Waals surface area contributed by atoms with Gasteiger partial charge in [-0.2, -0.15) is 0 Å². The fourth-order valence-electron chi connectivity index (χ4n) is 2.04. The van der Waals surface area contributed by atoms with Crippen LogP contribution < -0.4 is 16.0 Å². The molecule has 8 heteroatoms. The van der Waals surface area contributed by atoms with Gasteiger partial charge in [-0.3, -0.25) is 0 Å². The molecule has 0 aromatic heterocycles. The number of hydrogen-bond donors (Lipinski definition) is 5. The first-order valence-corrected chi connectivity index (χ1v) is 6.94. The van der Waals surface area contributed by atoms with Crippen molar-refractivity contribution < 1.29 is 19.8 Å². The highest BCUT2D eigenvalue weighted by Crippen LogP contribution is 1.94. The highest BCUT2D eigenvalue weighted by Gasteiger charge is 2.18. The molecule has 0 aliphatic carbocycles. The molecule has 0 aromatic carbocycles. The molecule has 1 saturated heterocycles. The molecule has 2 amide bonds. The van der Waals surface area contributed by atoms with Crippen molar-refractivity contribution >= 4 is 12.0 Å². The third-order valence-corrected chi connectivity index (χ3v) is 3.17. The standard InChI is InChI=1S/C12H24N4O4/c17-9-2-10(11(18)19)15-12(20)14-3-1-6-16-7-4-13-5-8-16/h10,13,17H,1-9H2,(H,18,19)(H2,14,15,20). The van der Waals surface area contributed by atoms with Crippen LogP contribution in [-0.2, 0) is 4.79 Å². The fourth-order valence-corrected chi connectivity index (χ4v) is 2.04. The lowest BCUT2D eigenvalue weighted by molar-refractivity contribution is -0.139. The summed E-state index contributed by atoms with van der Waals surface area (Å²) in [5.74, 6) is -1.14. The second-order valence-corrected chi connectivity index (χ2v) is 4.75. The molecule has 0 radical (unpaired) electrons. The lowest BCUT2D eigenvalue weighted by atomic mass is 10.2. The van der Waals surface area contributed by atoms with E-state index in [0.717, 1.165) is 39.1 Å². The SMILES string of the molecule is O=C(NCCCN1CCNCC1)NC(CCO)C(=O)O. The van der Waals surface area contributed by atoms with Crippen LogP contribution in [0.2, 0.25) is 0 Å². The van der Waals surface area contributed by atoms with Gasteiger partial charge in [-0.1, -0.05) is 0 Å². The number of rotatable bonds is 8. The Kier molecular flexibility index (Phi) is 7.93. The Morgan fingerprint density at radius 2 is 2.00 bits per heavy atom. The maximum absolute atomic E-state index is 11.5. The highest BCUT2D eigenvalue weighted by molar-refractivity contribution is 5.82. The van der Waals surface area contributed by atoms with E-state index < -0.39 is 18.0 Å². The van der Waals surface area contributed by atoms with Gasteiger partial charge < -0.3 is 31.1 Å². The molecule has 1 aliphatic heterocycles. The molecule has 1 atom stereocenters. The molecule has 1 fully saturated rings. The van der Waals surface area contributed by atoms with Gasteiger partial charge >= 0.3 is 12.0 Å². The van der Waals surface area contributed by atoms with E-state index >= 15 is 0 Å². The maximum atomic E-state index is 11.5. The lowest BCUT2D eigenvalue weighted by Crippen LogP contribution is -2.47. The third-order valence-electron chi connectivity index (χ3n) is 3.17. The molecule has 1 unspecified atom stereocenters. The topological polar surface area (TPSA) is 114 Å². The van der Waals surface area contributed by atoms with Crippen LogP contribution in [0.4, 0.5) is 4.79 Å². The van der Waals surface area contributed by atoms with E-state index in [0.29, 0.717) is 6.54 Å². The number of urea groups is 1. The molecule has 1 heterocycles. The number of aliphatic hydroxyl groups is 1. The second kappa shape index (κ2) is 9.51. The zero-order chi connectivity index (χ0) is 14.8. The van der Waals surface area contributed by atoms with Gasteiger partial charge in [0.15, 0.2) is 0 Å². The molecular weight excluding hydrogens is 264 g/mol. The van der Waals surface area contributed by atoms with Gasteiger partial charge in [-0.15, -0.1) is 0 Å². The average molecular weight is 288 g/mol. The highest BCUT2D eigenvalue weighted by atomic mass is 16.4. The Balaban J connectivity index is 2.10. The zero-order valence-corrected chi connectivity index (χ0v) is 11.6. The van der Waals surface area contributed by atoms with E-state index in [1.807, 2.05) is 0 Å². The minimum absolute atomic E-state index is 0.00350. The number of aliphatic hydroxyl groups excluding tert-OH is 1. The van der Waals surface area contributed by atoms with E-state index in [2.05, 4.69) is 20.9 Å². The Morgan fingerprint density at radius 1 is 1.30 bits per heavy atom. The van der Waals surface area contributed by atoms with E-state index in [-0.39, 0.29) is 13.0 Å². The number of aliphatic carboxylic acids is 1. The third kappa shape index (κ3) is 6.69. The predicted octanol–water partition coefficient (Wildman–Crippen LogP) is -1.58. The van der Waals surface area contributed by atoms with Crippen LogP contribution in [0.5, 0.6) is 0 Å². The summed E-state index contributed by atoms with van der Waals surface area (Å²) >= 11 is 0. The van der Waals surface area contributed by atoms with Crippen molar-refractivity contribution in [2.24, 2.45) is 0 Å². The summed E-state index contributed by atoms with van der Waals surface area (Å²) < 4.78 is 0. The summed E-state index contributed by atoms with van der Waals surface area (Å²) in [6.07, 6.45) is 0.828. The molecule has 0 saturated carbocycles. The van der Waals surface area contributed by atoms with Crippen molar-refractivity contribution in [3.63, 3.8) is 0 Å². The molecule has 0 bridgehead atoms. The largest absolute Gasteiger partial charge is 0.480 e. The first kappa shape index (κ1) is 16.7. The molecule has 0 spiro atoms. The quantitative estimate of drug-likeness (QED) is 0.344. The second-order valence-electron chi connectivity index (χ2n) is 4.75. The van der Waals surface area contributed by atoms with Crippen LogP contribution in [0.15, 0.2) is 0 Å². The van der Waals surface area contributed by atoms with Crippen LogP contribution in [0.25, 0.3) is 0 Å². The van der Waals surface area contributed by atoms with Gasteiger partial charge in [0.25, 0.3) is 0 Å². The number of carbonyl (C=O) groups excluding carboxylic acids is 1. The van der Waals surface area contributed by atoms with Crippen molar-refractivity contribution in [3.8, 4) is 0 Å². The number of piperazine rings is 1. The van der Waals surface area contributed by atoms with Crippen LogP contribution in [-0.4, -0.2) is 79.0 Å². The molecule has 116 valence electrons. The zero-order valence-electron chi connectivity index (χ0n) is 11.6. The average Bonchev–Trinajstić information content (AvgIpc) is 2.44. The molecule has 20 heavy (non-hydrogen) atoms. The first-order valence-electron chi connectivity index (χ1n) is 6.94. The molecule has 5 N–H and O–H groups in total. The number of hydrogen-bond acceptors (Lipinski definition) is 5. The van der Waals surface area contributed by atoms with Gasteiger partial charge in [0, 0.05) is 45.8 Å². The Hall–Kier alpha value is -1.38. The van der Waals surface area contributed by atoms with Crippen LogP contribution in [0.1, 0.15) is 12.8 Å². The number of nitrogens with zero attached hydrogens (tertiary/aromatic N) is 1. The van der Waals surface area contributed by atoms with Gasteiger partial charge in [0.1, 0.15) is 6.04 Å². The summed E-state index contributed by atoms with van der Waals surface area (Å²) in [4.78, 5) is 24.6. The summed E-state index contributed by atoms with van der Waals surface area (Å²) in [6, 6.07) is -1.56. The van der Waals surface area contributed by atoms with E-state index in [4.69, 9.17) is 10.2 Å². The lowest BCUT2D eigenvalue weighted by Gasteiger charge is -2.27. The number of carboxylic acids is 1. The molecule has 1 aliphatic rings. The molecule has 0 aromatic rings. The van der Waals surface area contributed by atoms with Gasteiger partial charge in [0.2, 0.25) is 0 Å². The smallest absolute Gasteiger partial charge is 0.326 e. The van der Waals surface area contributed by atoms with E-state index in [1.54, 1.807) is 0 Å². The van der Waals surface area contributed by atoms with Crippen molar-refractivity contribution in [1.82, 2.24) is 20.9 Å². The van der Waals surface area contributed by atoms with E-state index in [9.17, 15) is 9.59 Å². The normalized spacial score (nSPS) is 17.4. The van der Waals surface area contributed by atoms with Crippen LogP contribution in [0.3, 0.4) is 0 Å². The maximum Gasteiger partial charge on any atom is 0.326 e. The fraction of sp³-hybridized carbons (Fsp3) is 0.833. The summed E-state index contributed by atoms with van der Waals surface area (Å²) in [5, 5.41) is 25.8. The number of nitrogens with one attached hydrogen (secondary N) is 3. The van der Waals surface area contributed by atoms with Crippen molar-refractivity contribution in [1.29, 1.82) is 0 Å². The Morgan fingerprint density at radius 3 is 2.60 bits per heavy atom. The van der Waals surface area contributed by atoms with Crippen LogP contribution in [0, 0.1) is 0 Å². The number of carbonyl (C=O) groups is 2. The van der Waals surface area contributed by atoms with E-state index in [1.165, 1.54) is 0 Å². The predicted molar refractivity (Wildman–Crippen MR) is 73.6 cm³/mol. The summed E-state index contributed by atoms with van der Waals surface area (Å²) in [7, 11) is 0. The van der Waals surface area contributed by atoms with Gasteiger partial charge in [0.05, 0.1) is 0 Å². The Labute approximate surface area is 118 Å².